The van der Waals surface area contributed by atoms with E-state index in [0.29, 0.717) is 19.4 Å². The van der Waals surface area contributed by atoms with Crippen molar-refractivity contribution in [3.63, 3.8) is 0 Å². The Kier molecular flexibility index (Phi) is 4.17. The van der Waals surface area contributed by atoms with Crippen LogP contribution in [0.25, 0.3) is 0 Å². The first kappa shape index (κ1) is 14.7. The fourth-order valence-electron chi connectivity index (χ4n) is 2.75. The Labute approximate surface area is 114 Å². The fraction of sp³-hybridized carbons (Fsp3) is 0.917. The van der Waals surface area contributed by atoms with Crippen LogP contribution in [-0.4, -0.2) is 55.2 Å². The smallest absolute Gasteiger partial charge is 0.224 e. The van der Waals surface area contributed by atoms with Gasteiger partial charge in [-0.05, 0) is 32.1 Å². The number of carbonyl (C=O) groups excluding carboxylic acids is 1. The number of hydrogen-bond acceptors (Lipinski definition) is 4. The predicted octanol–water partition coefficient (Wildman–Crippen LogP) is -0.311. The van der Waals surface area contributed by atoms with Crippen LogP contribution in [0.1, 0.15) is 32.1 Å². The quantitative estimate of drug-likeness (QED) is 0.743. The van der Waals surface area contributed by atoms with E-state index in [1.807, 2.05) is 0 Å². The van der Waals surface area contributed by atoms with Crippen LogP contribution in [0.5, 0.6) is 0 Å². The summed E-state index contributed by atoms with van der Waals surface area (Å²) in [5, 5.41) is 12.3. The zero-order valence-electron chi connectivity index (χ0n) is 11.3. The Hall–Kier alpha value is -0.660. The molecular weight excluding hydrogens is 268 g/mol. The number of aliphatic hydroxyl groups excluding tert-OH is 1. The molecule has 1 unspecified atom stereocenters. The highest BCUT2D eigenvalue weighted by Gasteiger charge is 2.40. The zero-order valence-corrected chi connectivity index (χ0v) is 12.1. The van der Waals surface area contributed by atoms with Crippen molar-refractivity contribution >= 4 is 15.9 Å². The van der Waals surface area contributed by atoms with E-state index in [0.717, 1.165) is 19.3 Å². The molecule has 1 aliphatic carbocycles. The van der Waals surface area contributed by atoms with Gasteiger partial charge in [-0.25, -0.2) is 12.7 Å². The third-order valence-corrected chi connectivity index (χ3v) is 5.50. The van der Waals surface area contributed by atoms with E-state index in [1.54, 1.807) is 0 Å². The summed E-state index contributed by atoms with van der Waals surface area (Å²) in [5.74, 6) is -0.422. The Balaban J connectivity index is 1.96. The molecule has 1 saturated carbocycles. The molecule has 2 rings (SSSR count). The van der Waals surface area contributed by atoms with Gasteiger partial charge >= 0.3 is 0 Å². The standard InChI is InChI=1S/C12H22N2O4S/c1-19(17,18)14-7-2-4-10(8-14)11(16)13-12(9-15)5-3-6-12/h10,15H,2-9H2,1H3,(H,13,16). The molecule has 0 aromatic carbocycles. The van der Waals surface area contributed by atoms with Crippen LogP contribution in [0.15, 0.2) is 0 Å². The summed E-state index contributed by atoms with van der Waals surface area (Å²) < 4.78 is 24.4. The van der Waals surface area contributed by atoms with Gasteiger partial charge < -0.3 is 10.4 Å². The van der Waals surface area contributed by atoms with Crippen LogP contribution < -0.4 is 5.32 Å². The van der Waals surface area contributed by atoms with Crippen molar-refractivity contribution in [1.29, 1.82) is 0 Å². The SMILES string of the molecule is CS(=O)(=O)N1CCCC(C(=O)NC2(CO)CCC2)C1. The lowest BCUT2D eigenvalue weighted by molar-refractivity contribution is -0.130. The van der Waals surface area contributed by atoms with Crippen molar-refractivity contribution in [2.75, 3.05) is 26.0 Å². The molecule has 0 bridgehead atoms. The number of rotatable bonds is 4. The second kappa shape index (κ2) is 5.38. The van der Waals surface area contributed by atoms with Gasteiger partial charge in [-0.3, -0.25) is 4.79 Å². The highest BCUT2D eigenvalue weighted by atomic mass is 32.2. The minimum absolute atomic E-state index is 0.0404. The third-order valence-electron chi connectivity index (χ3n) is 4.23. The normalized spacial score (nSPS) is 27.6. The van der Waals surface area contributed by atoms with Crippen molar-refractivity contribution in [1.82, 2.24) is 9.62 Å². The molecule has 19 heavy (non-hydrogen) atoms. The molecule has 6 nitrogen and oxygen atoms in total. The van der Waals surface area contributed by atoms with Gasteiger partial charge in [0, 0.05) is 13.1 Å². The average Bonchev–Trinajstić information content (AvgIpc) is 2.32. The number of nitrogens with zero attached hydrogens (tertiary/aromatic N) is 1. The first-order chi connectivity index (χ1) is 8.86. The molecule has 0 aromatic heterocycles. The zero-order chi connectivity index (χ0) is 14.1. The van der Waals surface area contributed by atoms with Gasteiger partial charge in [-0.2, -0.15) is 0 Å². The van der Waals surface area contributed by atoms with Crippen LogP contribution in [0.2, 0.25) is 0 Å². The Morgan fingerprint density at radius 2 is 2.11 bits per heavy atom. The van der Waals surface area contributed by atoms with Crippen molar-refractivity contribution in [2.45, 2.75) is 37.6 Å². The van der Waals surface area contributed by atoms with Crippen molar-refractivity contribution < 1.29 is 18.3 Å². The van der Waals surface area contributed by atoms with Crippen LogP contribution >= 0.6 is 0 Å². The van der Waals surface area contributed by atoms with Gasteiger partial charge in [0.25, 0.3) is 0 Å². The average molecular weight is 290 g/mol. The number of nitrogens with one attached hydrogen (secondary N) is 1. The van der Waals surface area contributed by atoms with E-state index in [1.165, 1.54) is 10.6 Å². The summed E-state index contributed by atoms with van der Waals surface area (Å²) in [6, 6.07) is 0. The molecule has 1 saturated heterocycles. The van der Waals surface area contributed by atoms with E-state index >= 15 is 0 Å². The van der Waals surface area contributed by atoms with Crippen LogP contribution in [0.4, 0.5) is 0 Å². The van der Waals surface area contributed by atoms with E-state index in [2.05, 4.69) is 5.32 Å². The molecule has 110 valence electrons. The maximum Gasteiger partial charge on any atom is 0.224 e. The predicted molar refractivity (Wildman–Crippen MR) is 71.0 cm³/mol. The lowest BCUT2D eigenvalue weighted by atomic mass is 9.77. The van der Waals surface area contributed by atoms with E-state index < -0.39 is 15.6 Å². The van der Waals surface area contributed by atoms with Gasteiger partial charge in [0.1, 0.15) is 0 Å². The first-order valence-corrected chi connectivity index (χ1v) is 8.59. The molecule has 2 fully saturated rings. The number of aliphatic hydroxyl groups is 1. The lowest BCUT2D eigenvalue weighted by Gasteiger charge is -2.42. The van der Waals surface area contributed by atoms with Gasteiger partial charge in [-0.15, -0.1) is 0 Å². The summed E-state index contributed by atoms with van der Waals surface area (Å²) in [7, 11) is -3.23. The monoisotopic (exact) mass is 290 g/mol. The number of carbonyl (C=O) groups is 1. The highest BCUT2D eigenvalue weighted by Crippen LogP contribution is 2.32. The summed E-state index contributed by atoms with van der Waals surface area (Å²) in [5.41, 5.74) is -0.454. The molecular formula is C12H22N2O4S. The largest absolute Gasteiger partial charge is 0.394 e. The third kappa shape index (κ3) is 3.27. The molecule has 7 heteroatoms. The second-order valence-corrected chi connectivity index (χ2v) is 7.72. The topological polar surface area (TPSA) is 86.7 Å². The minimum Gasteiger partial charge on any atom is -0.394 e. The molecule has 1 atom stereocenters. The van der Waals surface area contributed by atoms with Crippen molar-refractivity contribution in [2.24, 2.45) is 5.92 Å². The second-order valence-electron chi connectivity index (χ2n) is 5.74. The van der Waals surface area contributed by atoms with Crippen molar-refractivity contribution in [3.8, 4) is 0 Å². The maximum atomic E-state index is 12.2. The van der Waals surface area contributed by atoms with E-state index in [9.17, 15) is 18.3 Å². The van der Waals surface area contributed by atoms with Gasteiger partial charge in [0.15, 0.2) is 0 Å². The summed E-state index contributed by atoms with van der Waals surface area (Å²) >= 11 is 0. The summed E-state index contributed by atoms with van der Waals surface area (Å²) in [6.45, 7) is 0.710. The fourth-order valence-corrected chi connectivity index (χ4v) is 3.66. The number of amides is 1. The van der Waals surface area contributed by atoms with Gasteiger partial charge in [-0.1, -0.05) is 0 Å². The van der Waals surface area contributed by atoms with Gasteiger partial charge in [0.05, 0.1) is 24.3 Å². The molecule has 2 aliphatic rings. The van der Waals surface area contributed by atoms with Gasteiger partial charge in [0.2, 0.25) is 15.9 Å². The Morgan fingerprint density at radius 3 is 2.58 bits per heavy atom. The number of hydrogen-bond donors (Lipinski definition) is 2. The number of sulfonamides is 1. The Morgan fingerprint density at radius 1 is 1.42 bits per heavy atom. The summed E-state index contributed by atoms with van der Waals surface area (Å²) in [6.07, 6.45) is 5.21. The highest BCUT2D eigenvalue weighted by molar-refractivity contribution is 7.88. The van der Waals surface area contributed by atoms with Crippen molar-refractivity contribution in [3.05, 3.63) is 0 Å². The van der Waals surface area contributed by atoms with Crippen LogP contribution in [0.3, 0.4) is 0 Å². The molecule has 1 amide bonds. The molecule has 0 spiro atoms. The van der Waals surface area contributed by atoms with Crippen LogP contribution in [-0.2, 0) is 14.8 Å². The Bertz CT molecular complexity index is 439. The molecule has 2 N–H and O–H groups in total. The minimum atomic E-state index is -3.23. The number of piperidine rings is 1. The lowest BCUT2D eigenvalue weighted by Crippen LogP contribution is -2.58. The first-order valence-electron chi connectivity index (χ1n) is 6.74. The molecule has 1 aliphatic heterocycles. The van der Waals surface area contributed by atoms with E-state index in [4.69, 9.17) is 0 Å². The van der Waals surface area contributed by atoms with E-state index in [-0.39, 0.29) is 25.0 Å². The summed E-state index contributed by atoms with van der Waals surface area (Å²) in [4.78, 5) is 12.2. The molecule has 0 aromatic rings. The van der Waals surface area contributed by atoms with Crippen LogP contribution in [0, 0.1) is 5.92 Å². The molecule has 1 heterocycles. The molecule has 0 radical (unpaired) electrons. The maximum absolute atomic E-state index is 12.2.